The fourth-order valence-corrected chi connectivity index (χ4v) is 4.64. The monoisotopic (exact) mass is 513 g/mol. The molecule has 5 nitrogen and oxygen atoms in total. The molecule has 0 aliphatic carbocycles. The smallest absolute Gasteiger partial charge is 0.616 e. The van der Waals surface area contributed by atoms with Crippen molar-refractivity contribution in [1.82, 2.24) is 9.97 Å². The van der Waals surface area contributed by atoms with E-state index >= 15 is 0 Å². The molecule has 4 aromatic carbocycles. The van der Waals surface area contributed by atoms with Gasteiger partial charge in [-0.2, -0.15) is 0 Å². The van der Waals surface area contributed by atoms with Crippen molar-refractivity contribution in [3.8, 4) is 28.4 Å². The summed E-state index contributed by atoms with van der Waals surface area (Å²) in [6.07, 6.45) is 0. The standard InChI is InChI=1S/C12H10O.2C10H9NO.Al/c13-12-8-6-11(7-9-12)10-4-2-1-3-5-10;2*1-7-5-6-8-3-2-4-9(12)10(8)11-7;/h1-9,13H;2*2-6,12H,1H3;/q;;;+2/p-2. The molecule has 0 amide bonds. The number of hydrogen-bond donors (Lipinski definition) is 1. The lowest BCUT2D eigenvalue weighted by atomic mass is 10.1. The summed E-state index contributed by atoms with van der Waals surface area (Å²) in [5, 5.41) is 11.5. The Morgan fingerprint density at radius 1 is 0.553 bits per heavy atom. The highest BCUT2D eigenvalue weighted by Gasteiger charge is 2.10. The fourth-order valence-electron chi connectivity index (χ4n) is 4.03. The van der Waals surface area contributed by atoms with E-state index in [2.05, 4.69) is 40.3 Å². The second-order valence-electron chi connectivity index (χ2n) is 8.80. The molecule has 0 aliphatic heterocycles. The predicted molar refractivity (Wildman–Crippen MR) is 154 cm³/mol. The largest absolute Gasteiger partial charge is 0.881 e. The Hall–Kier alpha value is -4.37. The van der Waals surface area contributed by atoms with Gasteiger partial charge in [0, 0.05) is 22.2 Å². The maximum absolute atomic E-state index is 9.43. The van der Waals surface area contributed by atoms with Crippen LogP contribution in [0.15, 0.2) is 115 Å². The van der Waals surface area contributed by atoms with Crippen LogP contribution < -0.4 is 7.58 Å². The Morgan fingerprint density at radius 2 is 1.16 bits per heavy atom. The van der Waals surface area contributed by atoms with E-state index in [4.69, 9.17) is 7.58 Å². The number of nitrogens with zero attached hydrogens (tertiary/aromatic N) is 2. The molecular weight excluding hydrogens is 487 g/mol. The van der Waals surface area contributed by atoms with Gasteiger partial charge < -0.3 is 12.7 Å². The zero-order valence-corrected chi connectivity index (χ0v) is 22.4. The molecule has 6 rings (SSSR count). The zero-order valence-electron chi connectivity index (χ0n) is 21.2. The van der Waals surface area contributed by atoms with Gasteiger partial charge in [-0.05, 0) is 61.4 Å². The van der Waals surface area contributed by atoms with Gasteiger partial charge in [0.25, 0.3) is 0 Å². The molecule has 1 N–H and O–H groups in total. The van der Waals surface area contributed by atoms with Crippen LogP contribution in [0, 0.1) is 13.8 Å². The first kappa shape index (κ1) is 25.3. The number of fused-ring (bicyclic) bond motifs is 2. The quantitative estimate of drug-likeness (QED) is 0.243. The van der Waals surface area contributed by atoms with Gasteiger partial charge in [-0.1, -0.05) is 78.9 Å². The molecule has 0 aliphatic rings. The Labute approximate surface area is 228 Å². The Kier molecular flexibility index (Phi) is 7.84. The van der Waals surface area contributed by atoms with Crippen molar-refractivity contribution in [3.05, 3.63) is 127 Å². The molecule has 2 aromatic heterocycles. The predicted octanol–water partition coefficient (Wildman–Crippen LogP) is 7.45. The van der Waals surface area contributed by atoms with E-state index in [-0.39, 0.29) is 5.75 Å². The van der Waals surface area contributed by atoms with Crippen molar-refractivity contribution in [1.29, 1.82) is 0 Å². The van der Waals surface area contributed by atoms with Crippen molar-refractivity contribution >= 4 is 37.7 Å². The molecule has 0 atom stereocenters. The van der Waals surface area contributed by atoms with Gasteiger partial charge in [-0.3, -0.25) is 0 Å². The number of benzene rings is 4. The van der Waals surface area contributed by atoms with Crippen LogP contribution in [0.5, 0.6) is 17.2 Å². The summed E-state index contributed by atoms with van der Waals surface area (Å²) in [6, 6.07) is 37.7. The number of hydrogen-bond acceptors (Lipinski definition) is 5. The molecule has 1 radical (unpaired) electrons. The van der Waals surface area contributed by atoms with Crippen molar-refractivity contribution < 1.29 is 12.7 Å². The number of phenolic OH excluding ortho intramolecular Hbond substituents is 1. The molecule has 0 saturated heterocycles. The van der Waals surface area contributed by atoms with Gasteiger partial charge in [0.1, 0.15) is 22.5 Å². The molecule has 0 spiro atoms. The summed E-state index contributed by atoms with van der Waals surface area (Å²) in [5.41, 5.74) is 5.81. The fraction of sp³-hybridized carbons (Fsp3) is 0.0625. The third-order valence-corrected chi connectivity index (χ3v) is 6.70. The minimum atomic E-state index is -0.665. The molecule has 0 saturated carbocycles. The Balaban J connectivity index is 0.000000204. The van der Waals surface area contributed by atoms with Crippen LogP contribution in [0.1, 0.15) is 11.4 Å². The summed E-state index contributed by atoms with van der Waals surface area (Å²) in [4.78, 5) is 8.80. The number of phenols is 1. The van der Waals surface area contributed by atoms with E-state index in [0.717, 1.165) is 39.2 Å². The highest BCUT2D eigenvalue weighted by atomic mass is 27.2. The maximum atomic E-state index is 9.43. The normalized spacial score (nSPS) is 10.5. The van der Waals surface area contributed by atoms with Gasteiger partial charge in [0.2, 0.25) is 0 Å². The Morgan fingerprint density at radius 3 is 1.87 bits per heavy atom. The van der Waals surface area contributed by atoms with Gasteiger partial charge >= 0.3 is 15.9 Å². The van der Waals surface area contributed by atoms with E-state index < -0.39 is 15.9 Å². The van der Waals surface area contributed by atoms with E-state index in [0.29, 0.717) is 5.52 Å². The summed E-state index contributed by atoms with van der Waals surface area (Å²) >= 11 is -0.665. The number of aromatic nitrogens is 2. The third kappa shape index (κ3) is 6.12. The summed E-state index contributed by atoms with van der Waals surface area (Å²) in [7, 11) is 0. The van der Waals surface area contributed by atoms with Crippen LogP contribution in [0.3, 0.4) is 0 Å². The lowest BCUT2D eigenvalue weighted by Crippen LogP contribution is -2.11. The van der Waals surface area contributed by atoms with Crippen molar-refractivity contribution in [2.24, 2.45) is 0 Å². The molecule has 2 heterocycles. The Bertz CT molecular complexity index is 1670. The van der Waals surface area contributed by atoms with Crippen LogP contribution in [-0.2, 0) is 0 Å². The topological polar surface area (TPSA) is 64.5 Å². The lowest BCUT2D eigenvalue weighted by Gasteiger charge is -2.11. The molecule has 38 heavy (non-hydrogen) atoms. The second kappa shape index (κ2) is 11.8. The first-order chi connectivity index (χ1) is 18.6. The number of pyridine rings is 2. The van der Waals surface area contributed by atoms with Gasteiger partial charge in [0.05, 0.1) is 5.75 Å². The van der Waals surface area contributed by atoms with Crippen LogP contribution >= 0.6 is 0 Å². The summed E-state index contributed by atoms with van der Waals surface area (Å²) < 4.78 is 11.7. The molecule has 0 fully saturated rings. The van der Waals surface area contributed by atoms with Crippen LogP contribution in [0.25, 0.3) is 32.9 Å². The van der Waals surface area contributed by atoms with Crippen molar-refractivity contribution in [2.45, 2.75) is 13.8 Å². The minimum absolute atomic E-state index is 0.246. The first-order valence-electron chi connectivity index (χ1n) is 12.3. The molecule has 185 valence electrons. The van der Waals surface area contributed by atoms with Crippen molar-refractivity contribution in [3.63, 3.8) is 0 Å². The second-order valence-corrected chi connectivity index (χ2v) is 9.47. The zero-order chi connectivity index (χ0) is 26.3. The highest BCUT2D eigenvalue weighted by molar-refractivity contribution is 6.21. The van der Waals surface area contributed by atoms with Crippen LogP contribution in [0.2, 0.25) is 0 Å². The lowest BCUT2D eigenvalue weighted by molar-refractivity contribution is 0.461. The molecule has 6 aromatic rings. The van der Waals surface area contributed by atoms with E-state index in [9.17, 15) is 5.11 Å². The third-order valence-electron chi connectivity index (χ3n) is 5.98. The molecular formula is C32H26AlN2O3. The average Bonchev–Trinajstić information content (AvgIpc) is 2.95. The van der Waals surface area contributed by atoms with Gasteiger partial charge in [0.15, 0.2) is 0 Å². The maximum Gasteiger partial charge on any atom is 0.881 e. The van der Waals surface area contributed by atoms with E-state index in [1.807, 2.05) is 92.7 Å². The van der Waals surface area contributed by atoms with E-state index in [1.165, 1.54) is 11.1 Å². The number of rotatable bonds is 5. The molecule has 6 heteroatoms. The summed E-state index contributed by atoms with van der Waals surface area (Å²) in [6.45, 7) is 3.89. The van der Waals surface area contributed by atoms with Crippen LogP contribution in [-0.4, -0.2) is 31.0 Å². The summed E-state index contributed by atoms with van der Waals surface area (Å²) in [5.74, 6) is 1.82. The highest BCUT2D eigenvalue weighted by Crippen LogP contribution is 2.25. The SMILES string of the molecule is Cc1ccc2cccc(O)c2n1.Cc1ccc2cccc([O][Al][O]c3ccc(-c4ccccc4)cc3)c2n1. The van der Waals surface area contributed by atoms with Gasteiger partial charge in [-0.25, -0.2) is 9.97 Å². The van der Waals surface area contributed by atoms with Gasteiger partial charge in [-0.15, -0.1) is 0 Å². The first-order valence-corrected chi connectivity index (χ1v) is 13.2. The van der Waals surface area contributed by atoms with E-state index in [1.54, 1.807) is 6.07 Å². The average molecular weight is 514 g/mol. The number of aryl methyl sites for hydroxylation is 2. The number of aromatic hydroxyl groups is 1. The van der Waals surface area contributed by atoms with Crippen LogP contribution in [0.4, 0.5) is 0 Å². The van der Waals surface area contributed by atoms with Crippen molar-refractivity contribution in [2.75, 3.05) is 0 Å². The minimum Gasteiger partial charge on any atom is -0.616 e. The number of para-hydroxylation sites is 2. The molecule has 0 unspecified atom stereocenters. The molecule has 0 bridgehead atoms.